The van der Waals surface area contributed by atoms with E-state index in [1.54, 1.807) is 0 Å². The second kappa shape index (κ2) is 3.84. The minimum Gasteiger partial charge on any atom is -0.481 e. The standard InChI is InChI=1S/C5H9NO4/c6-3(5(9)10)1-2-4(7)8/h3H,1-2,6H2,(H,7,8)(H,9,10)/t3-/m0/s1/i7+1,8+1,9+1,10+1. The molecule has 0 heterocycles. The van der Waals surface area contributed by atoms with E-state index in [1.807, 2.05) is 0 Å². The molecule has 0 unspecified atom stereocenters. The summed E-state index contributed by atoms with van der Waals surface area (Å²) in [5.41, 5.74) is 5.00. The normalized spacial score (nSPS) is 12.5. The molecule has 5 nitrogen and oxygen atoms in total. The molecule has 0 aliphatic heterocycles. The zero-order valence-corrected chi connectivity index (χ0v) is 5.28. The van der Waals surface area contributed by atoms with Crippen LogP contribution < -0.4 is 5.73 Å². The Morgan fingerprint density at radius 3 is 2.20 bits per heavy atom. The lowest BCUT2D eigenvalue weighted by Gasteiger charge is -2.01. The van der Waals surface area contributed by atoms with Crippen molar-refractivity contribution in [3.05, 3.63) is 0 Å². The van der Waals surface area contributed by atoms with E-state index in [0.29, 0.717) is 0 Å². The average Bonchev–Trinajstić information content (AvgIpc) is 1.82. The third-order valence-corrected chi connectivity index (χ3v) is 0.986. The van der Waals surface area contributed by atoms with Crippen LogP contribution in [-0.2, 0) is 9.59 Å². The van der Waals surface area contributed by atoms with Crippen molar-refractivity contribution in [1.82, 2.24) is 0 Å². The summed E-state index contributed by atoms with van der Waals surface area (Å²) in [5, 5.41) is 16.3. The molecule has 0 saturated carbocycles. The first-order valence-corrected chi connectivity index (χ1v) is 2.74. The summed E-state index contributed by atoms with van der Waals surface area (Å²) in [4.78, 5) is 19.9. The molecule has 0 bridgehead atoms. The number of carbonyl (C=O) groups is 2. The fourth-order valence-electron chi connectivity index (χ4n) is 0.402. The predicted molar refractivity (Wildman–Crippen MR) is 32.5 cm³/mol. The molecule has 0 saturated heterocycles. The van der Waals surface area contributed by atoms with Crippen molar-refractivity contribution in [2.24, 2.45) is 5.73 Å². The molecule has 0 aromatic carbocycles. The minimum atomic E-state index is -1.17. The topological polar surface area (TPSA) is 101 Å². The minimum absolute atomic E-state index is 0.0231. The van der Waals surface area contributed by atoms with Gasteiger partial charge in [-0.15, -0.1) is 0 Å². The van der Waals surface area contributed by atoms with Crippen molar-refractivity contribution in [2.75, 3.05) is 0 Å². The lowest BCUT2D eigenvalue weighted by molar-refractivity contribution is -0.139. The summed E-state index contributed by atoms with van der Waals surface area (Å²) in [6, 6.07) is -1.06. The molecule has 0 amide bonds. The maximum Gasteiger partial charge on any atom is 0.320 e. The molecule has 4 N–H and O–H groups in total. The Morgan fingerprint density at radius 1 is 1.40 bits per heavy atom. The summed E-state index contributed by atoms with van der Waals surface area (Å²) in [6.07, 6.45) is -0.224. The maximum atomic E-state index is 9.99. The van der Waals surface area contributed by atoms with Crippen LogP contribution in [0.25, 0.3) is 0 Å². The first kappa shape index (κ1) is 8.90. The van der Waals surface area contributed by atoms with Gasteiger partial charge in [0.2, 0.25) is 0 Å². The van der Waals surface area contributed by atoms with E-state index < -0.39 is 18.0 Å². The number of nitrogens with two attached hydrogens (primary N) is 1. The molecule has 58 valence electrons. The molecule has 0 aromatic heterocycles. The van der Waals surface area contributed by atoms with Crippen molar-refractivity contribution in [3.63, 3.8) is 0 Å². The van der Waals surface area contributed by atoms with Gasteiger partial charge in [0.05, 0.1) is 0 Å². The van der Waals surface area contributed by atoms with Crippen molar-refractivity contribution in [1.29, 1.82) is 0 Å². The molecule has 0 aliphatic carbocycles. The molecular formula is C5H9NO4. The fourth-order valence-corrected chi connectivity index (χ4v) is 0.402. The molecule has 5 heteroatoms. The van der Waals surface area contributed by atoms with Crippen LogP contribution in [0, 0.1) is 0 Å². The SMILES string of the molecule is N[C@@H](CCC(=[17O])[17OH])C(=[17O])[17OH]. The van der Waals surface area contributed by atoms with Crippen LogP contribution in [-0.4, -0.2) is 28.2 Å². The number of rotatable bonds is 4. The zero-order valence-electron chi connectivity index (χ0n) is 5.28. The van der Waals surface area contributed by atoms with Gasteiger partial charge in [-0.3, -0.25) is 9.59 Å². The number of hydrogen-bond acceptors (Lipinski definition) is 3. The van der Waals surface area contributed by atoms with Gasteiger partial charge >= 0.3 is 11.9 Å². The third kappa shape index (κ3) is 3.85. The van der Waals surface area contributed by atoms with Crippen LogP contribution in [0.1, 0.15) is 12.8 Å². The smallest absolute Gasteiger partial charge is 0.320 e. The summed E-state index contributed by atoms with van der Waals surface area (Å²) >= 11 is 0. The van der Waals surface area contributed by atoms with Gasteiger partial charge in [0.1, 0.15) is 6.04 Å². The molecule has 0 fully saturated rings. The second-order valence-electron chi connectivity index (χ2n) is 1.88. The summed E-state index contributed by atoms with van der Waals surface area (Å²) in [5.74, 6) is -2.20. The Kier molecular flexibility index (Phi) is 3.42. The van der Waals surface area contributed by atoms with Crippen LogP contribution in [0.15, 0.2) is 0 Å². The average molecular weight is 151 g/mol. The lowest BCUT2D eigenvalue weighted by atomic mass is 10.2. The van der Waals surface area contributed by atoms with E-state index in [9.17, 15) is 9.59 Å². The highest BCUT2D eigenvalue weighted by Gasteiger charge is 2.12. The lowest BCUT2D eigenvalue weighted by Crippen LogP contribution is -2.30. The molecule has 0 radical (unpaired) electrons. The van der Waals surface area contributed by atoms with Gasteiger partial charge in [-0.1, -0.05) is 0 Å². The van der Waals surface area contributed by atoms with Gasteiger partial charge in [0, 0.05) is 6.42 Å². The largest absolute Gasteiger partial charge is 0.481 e. The summed E-state index contributed by atoms with van der Waals surface area (Å²) < 4.78 is 0. The molecule has 0 aromatic rings. The van der Waals surface area contributed by atoms with Crippen LogP contribution in [0.5, 0.6) is 0 Å². The molecule has 0 spiro atoms. The van der Waals surface area contributed by atoms with E-state index in [2.05, 4.69) is 0 Å². The van der Waals surface area contributed by atoms with Crippen molar-refractivity contribution in [2.45, 2.75) is 18.9 Å². The van der Waals surface area contributed by atoms with Crippen molar-refractivity contribution >= 4 is 11.9 Å². The highest BCUT2D eigenvalue weighted by atomic mass is 17.3. The van der Waals surface area contributed by atoms with Gasteiger partial charge < -0.3 is 15.9 Å². The summed E-state index contributed by atoms with van der Waals surface area (Å²) in [6.45, 7) is 0. The second-order valence-corrected chi connectivity index (χ2v) is 1.88. The van der Waals surface area contributed by atoms with Crippen LogP contribution >= 0.6 is 0 Å². The Balaban J connectivity index is 3.49. The van der Waals surface area contributed by atoms with Crippen LogP contribution in [0.3, 0.4) is 0 Å². The molecule has 0 aliphatic rings. The van der Waals surface area contributed by atoms with E-state index in [4.69, 9.17) is 15.9 Å². The predicted octanol–water partition coefficient (Wildman–Crippen LogP) is -0.737. The number of carboxylic acid groups (broad SMARTS) is 2. The van der Waals surface area contributed by atoms with Crippen molar-refractivity contribution in [3.8, 4) is 0 Å². The first-order chi connectivity index (χ1) is 4.54. The van der Waals surface area contributed by atoms with Crippen LogP contribution in [0.4, 0.5) is 0 Å². The van der Waals surface area contributed by atoms with E-state index >= 15 is 0 Å². The first-order valence-electron chi connectivity index (χ1n) is 2.74. The molecule has 10 heavy (non-hydrogen) atoms. The van der Waals surface area contributed by atoms with Gasteiger partial charge in [0.15, 0.2) is 0 Å². The Labute approximate surface area is 57.5 Å². The van der Waals surface area contributed by atoms with E-state index in [1.165, 1.54) is 0 Å². The summed E-state index contributed by atoms with van der Waals surface area (Å²) in [7, 11) is 0. The molecule has 0 rings (SSSR count). The fraction of sp³-hybridized carbons (Fsp3) is 0.600. The van der Waals surface area contributed by atoms with Crippen LogP contribution in [0.2, 0.25) is 0 Å². The number of hydrogen-bond donors (Lipinski definition) is 3. The maximum absolute atomic E-state index is 9.99. The zero-order chi connectivity index (χ0) is 8.15. The van der Waals surface area contributed by atoms with Crippen molar-refractivity contribution < 1.29 is 19.8 Å². The number of aliphatic carboxylic acids is 2. The third-order valence-electron chi connectivity index (χ3n) is 0.986. The van der Waals surface area contributed by atoms with Gasteiger partial charge in [0.25, 0.3) is 0 Å². The number of carboxylic acids is 2. The highest BCUT2D eigenvalue weighted by molar-refractivity contribution is 5.74. The Bertz CT molecular complexity index is 145. The quantitative estimate of drug-likeness (QED) is 0.491. The molecule has 1 atom stereocenters. The van der Waals surface area contributed by atoms with Gasteiger partial charge in [-0.2, -0.15) is 0 Å². The van der Waals surface area contributed by atoms with Gasteiger partial charge in [-0.05, 0) is 6.42 Å². The van der Waals surface area contributed by atoms with E-state index in [-0.39, 0.29) is 12.8 Å². The Hall–Kier alpha value is -1.10. The highest BCUT2D eigenvalue weighted by Crippen LogP contribution is 1.93. The Morgan fingerprint density at radius 2 is 1.90 bits per heavy atom. The van der Waals surface area contributed by atoms with Gasteiger partial charge in [-0.25, -0.2) is 0 Å². The van der Waals surface area contributed by atoms with E-state index in [0.717, 1.165) is 0 Å². The molecular weight excluding hydrogens is 142 g/mol. The monoisotopic (exact) mass is 151 g/mol.